The van der Waals surface area contributed by atoms with Crippen molar-refractivity contribution in [1.82, 2.24) is 14.3 Å². The lowest BCUT2D eigenvalue weighted by Crippen LogP contribution is -2.51. The molecule has 1 saturated heterocycles. The molecule has 2 aromatic rings. The van der Waals surface area contributed by atoms with Crippen LogP contribution in [0, 0.1) is 5.92 Å². The maximum absolute atomic E-state index is 12.7. The number of aliphatic hydroxyl groups excluding tert-OH is 1. The van der Waals surface area contributed by atoms with Crippen LogP contribution in [0.1, 0.15) is 23.3 Å². The second-order valence-electron chi connectivity index (χ2n) is 5.71. The van der Waals surface area contributed by atoms with Gasteiger partial charge in [0.2, 0.25) is 0 Å². The minimum absolute atomic E-state index is 0.0252. The quantitative estimate of drug-likeness (QED) is 0.899. The van der Waals surface area contributed by atoms with Gasteiger partial charge in [-0.15, -0.1) is 11.3 Å². The Hall–Kier alpha value is -1.44. The van der Waals surface area contributed by atoms with E-state index in [9.17, 15) is 9.90 Å². The van der Waals surface area contributed by atoms with Crippen LogP contribution in [0.4, 0.5) is 0 Å². The minimum atomic E-state index is -0.0252. The molecule has 1 unspecified atom stereocenters. The summed E-state index contributed by atoms with van der Waals surface area (Å²) in [5.74, 6) is 0.210. The summed E-state index contributed by atoms with van der Waals surface area (Å²) in [6.45, 7) is 1.33. The zero-order valence-corrected chi connectivity index (χ0v) is 12.3. The van der Waals surface area contributed by atoms with E-state index in [0.717, 1.165) is 17.8 Å². The molecule has 0 radical (unpaired) electrons. The van der Waals surface area contributed by atoms with Gasteiger partial charge in [0.1, 0.15) is 5.69 Å². The highest BCUT2D eigenvalue weighted by molar-refractivity contribution is 7.15. The van der Waals surface area contributed by atoms with Crippen LogP contribution in [-0.4, -0.2) is 57.2 Å². The number of amides is 1. The van der Waals surface area contributed by atoms with Gasteiger partial charge in [-0.3, -0.25) is 9.20 Å². The van der Waals surface area contributed by atoms with Crippen molar-refractivity contribution in [2.24, 2.45) is 5.92 Å². The zero-order valence-electron chi connectivity index (χ0n) is 11.5. The second kappa shape index (κ2) is 5.08. The summed E-state index contributed by atoms with van der Waals surface area (Å²) < 4.78 is 7.64. The van der Waals surface area contributed by atoms with Crippen molar-refractivity contribution in [1.29, 1.82) is 0 Å². The zero-order chi connectivity index (χ0) is 14.4. The van der Waals surface area contributed by atoms with Crippen molar-refractivity contribution in [2.45, 2.75) is 25.0 Å². The van der Waals surface area contributed by atoms with Crippen LogP contribution in [0.5, 0.6) is 0 Å². The number of ether oxygens (including phenoxy) is 1. The maximum Gasteiger partial charge on any atom is 0.274 e. The number of morpholine rings is 1. The van der Waals surface area contributed by atoms with Crippen LogP contribution >= 0.6 is 11.3 Å². The number of carbonyl (C=O) groups is 1. The Balaban J connectivity index is 1.59. The molecule has 1 saturated carbocycles. The van der Waals surface area contributed by atoms with Gasteiger partial charge in [-0.25, -0.2) is 4.98 Å². The third kappa shape index (κ3) is 2.16. The molecule has 21 heavy (non-hydrogen) atoms. The number of imidazole rings is 1. The summed E-state index contributed by atoms with van der Waals surface area (Å²) in [5.41, 5.74) is 0.495. The van der Waals surface area contributed by atoms with Gasteiger partial charge < -0.3 is 14.7 Å². The van der Waals surface area contributed by atoms with Crippen LogP contribution in [0.15, 0.2) is 17.8 Å². The van der Waals surface area contributed by atoms with Crippen molar-refractivity contribution >= 4 is 22.2 Å². The fraction of sp³-hybridized carbons (Fsp3) is 0.571. The first kappa shape index (κ1) is 13.2. The van der Waals surface area contributed by atoms with E-state index in [0.29, 0.717) is 18.8 Å². The molecule has 0 spiro atoms. The summed E-state index contributed by atoms with van der Waals surface area (Å²) in [7, 11) is 0. The Kier molecular flexibility index (Phi) is 3.20. The first-order valence-corrected chi connectivity index (χ1v) is 8.10. The van der Waals surface area contributed by atoms with Crippen LogP contribution < -0.4 is 0 Å². The first-order valence-electron chi connectivity index (χ1n) is 7.22. The predicted molar refractivity (Wildman–Crippen MR) is 77.4 cm³/mol. The lowest BCUT2D eigenvalue weighted by atomic mass is 10.1. The van der Waals surface area contributed by atoms with Crippen molar-refractivity contribution < 1.29 is 14.6 Å². The molecular formula is C14H17N3O3S. The number of fused-ring (bicyclic) bond motifs is 2. The molecule has 2 fully saturated rings. The van der Waals surface area contributed by atoms with Gasteiger partial charge in [-0.05, 0) is 18.8 Å². The molecule has 3 atom stereocenters. The van der Waals surface area contributed by atoms with Crippen LogP contribution in [-0.2, 0) is 4.74 Å². The molecular weight excluding hydrogens is 290 g/mol. The number of aromatic nitrogens is 2. The molecule has 1 N–H and O–H groups in total. The molecule has 7 heteroatoms. The molecule has 6 nitrogen and oxygen atoms in total. The van der Waals surface area contributed by atoms with Crippen molar-refractivity contribution in [2.75, 3.05) is 19.8 Å². The average molecular weight is 307 g/mol. The maximum atomic E-state index is 12.7. The Morgan fingerprint density at radius 2 is 2.43 bits per heavy atom. The fourth-order valence-electron chi connectivity index (χ4n) is 3.43. The molecule has 1 aliphatic heterocycles. The van der Waals surface area contributed by atoms with Gasteiger partial charge in [-0.1, -0.05) is 0 Å². The molecule has 2 aromatic heterocycles. The summed E-state index contributed by atoms with van der Waals surface area (Å²) >= 11 is 1.52. The number of rotatable bonds is 2. The topological polar surface area (TPSA) is 67.1 Å². The second-order valence-corrected chi connectivity index (χ2v) is 6.59. The molecule has 3 heterocycles. The summed E-state index contributed by atoms with van der Waals surface area (Å²) in [6, 6.07) is 0.0723. The van der Waals surface area contributed by atoms with Gasteiger partial charge >= 0.3 is 0 Å². The Bertz CT molecular complexity index is 639. The van der Waals surface area contributed by atoms with Crippen molar-refractivity contribution in [3.8, 4) is 0 Å². The molecule has 0 aromatic carbocycles. The lowest BCUT2D eigenvalue weighted by molar-refractivity contribution is -0.0450. The number of hydrogen-bond donors (Lipinski definition) is 1. The van der Waals surface area contributed by atoms with Crippen molar-refractivity contribution in [3.63, 3.8) is 0 Å². The molecule has 4 rings (SSSR count). The van der Waals surface area contributed by atoms with E-state index in [1.54, 1.807) is 6.20 Å². The van der Waals surface area contributed by atoms with Crippen LogP contribution in [0.25, 0.3) is 4.96 Å². The van der Waals surface area contributed by atoms with E-state index < -0.39 is 0 Å². The van der Waals surface area contributed by atoms with Crippen LogP contribution in [0.2, 0.25) is 0 Å². The number of hydrogen-bond acceptors (Lipinski definition) is 5. The first-order chi connectivity index (χ1) is 10.3. The van der Waals surface area contributed by atoms with E-state index in [1.807, 2.05) is 20.9 Å². The fourth-order valence-corrected chi connectivity index (χ4v) is 4.13. The Morgan fingerprint density at radius 1 is 1.52 bits per heavy atom. The van der Waals surface area contributed by atoms with E-state index >= 15 is 0 Å². The highest BCUT2D eigenvalue weighted by Crippen LogP contribution is 2.34. The standard InChI is InChI=1S/C14H17N3O3S/c18-8-9-5-11-12(6-9)20-3-1-17(11)13(19)10-7-16-2-4-21-14(16)15-10/h2,4,7,9,11-12,18H,1,3,5-6,8H2/t9-,11+,12?/m1/s1. The largest absolute Gasteiger partial charge is 0.396 e. The van der Waals surface area contributed by atoms with Gasteiger partial charge in [0, 0.05) is 30.9 Å². The Morgan fingerprint density at radius 3 is 3.24 bits per heavy atom. The summed E-state index contributed by atoms with van der Waals surface area (Å²) in [6.07, 6.45) is 5.40. The highest BCUT2D eigenvalue weighted by atomic mass is 32.1. The molecule has 112 valence electrons. The minimum Gasteiger partial charge on any atom is -0.396 e. The van der Waals surface area contributed by atoms with E-state index in [1.165, 1.54) is 11.3 Å². The SMILES string of the molecule is O=C(c1cn2ccsc2n1)N1CCOC2C[C@H](CO)C[C@@H]21. The number of carbonyl (C=O) groups excluding carboxylic acids is 1. The molecule has 1 amide bonds. The average Bonchev–Trinajstić information content (AvgIpc) is 3.18. The number of aliphatic hydroxyl groups is 1. The van der Waals surface area contributed by atoms with Gasteiger partial charge in [-0.2, -0.15) is 0 Å². The van der Waals surface area contributed by atoms with Gasteiger partial charge in [0.25, 0.3) is 5.91 Å². The van der Waals surface area contributed by atoms with E-state index in [2.05, 4.69) is 4.98 Å². The summed E-state index contributed by atoms with van der Waals surface area (Å²) in [4.78, 5) is 19.9. The lowest BCUT2D eigenvalue weighted by Gasteiger charge is -2.37. The summed E-state index contributed by atoms with van der Waals surface area (Å²) in [5, 5.41) is 11.3. The number of thiazole rings is 1. The monoisotopic (exact) mass is 307 g/mol. The normalized spacial score (nSPS) is 29.0. The third-order valence-electron chi connectivity index (χ3n) is 4.47. The smallest absolute Gasteiger partial charge is 0.274 e. The molecule has 1 aliphatic carbocycles. The highest BCUT2D eigenvalue weighted by Gasteiger charge is 2.43. The van der Waals surface area contributed by atoms with Gasteiger partial charge in [0.05, 0.1) is 18.8 Å². The van der Waals surface area contributed by atoms with Gasteiger partial charge in [0.15, 0.2) is 4.96 Å². The van der Waals surface area contributed by atoms with Crippen molar-refractivity contribution in [3.05, 3.63) is 23.5 Å². The van der Waals surface area contributed by atoms with E-state index in [4.69, 9.17) is 4.74 Å². The molecule has 0 bridgehead atoms. The predicted octanol–water partition coefficient (Wildman–Crippen LogP) is 1.01. The number of nitrogens with zero attached hydrogens (tertiary/aromatic N) is 3. The van der Waals surface area contributed by atoms with Crippen LogP contribution in [0.3, 0.4) is 0 Å². The molecule has 2 aliphatic rings. The third-order valence-corrected chi connectivity index (χ3v) is 5.24. The van der Waals surface area contributed by atoms with E-state index in [-0.39, 0.29) is 30.6 Å². The Labute approximate surface area is 126 Å².